The van der Waals surface area contributed by atoms with E-state index in [4.69, 9.17) is 28.4 Å². The molecule has 0 aromatic heterocycles. The molecule has 3 aliphatic rings. The number of hydrogen-bond donors (Lipinski definition) is 1. The summed E-state index contributed by atoms with van der Waals surface area (Å²) in [7, 11) is 4.66. The molecule has 9 atom stereocenters. The monoisotopic (exact) mass is 535 g/mol. The largest absolute Gasteiger partial charge is 0.469 e. The fourth-order valence-electron chi connectivity index (χ4n) is 5.26. The Hall–Kier alpha value is -2.04. The number of esters is 1. The lowest BCUT2D eigenvalue weighted by Crippen LogP contribution is -2.51. The molecule has 38 heavy (non-hydrogen) atoms. The van der Waals surface area contributed by atoms with Gasteiger partial charge in [-0.3, -0.25) is 9.59 Å². The van der Waals surface area contributed by atoms with Crippen molar-refractivity contribution >= 4 is 11.9 Å². The average Bonchev–Trinajstić information content (AvgIpc) is 3.65. The highest BCUT2D eigenvalue weighted by Crippen LogP contribution is 2.44. The third kappa shape index (κ3) is 8.23. The van der Waals surface area contributed by atoms with Gasteiger partial charge in [0.1, 0.15) is 17.8 Å². The highest BCUT2D eigenvalue weighted by Gasteiger charge is 2.59. The molecular formula is C29H45NO8. The Morgan fingerprint density at radius 1 is 1.16 bits per heavy atom. The molecule has 0 aromatic rings. The maximum Gasteiger partial charge on any atom is 0.308 e. The van der Waals surface area contributed by atoms with Gasteiger partial charge in [0, 0.05) is 26.7 Å². The number of epoxide rings is 1. The van der Waals surface area contributed by atoms with Crippen LogP contribution in [0.5, 0.6) is 0 Å². The molecule has 3 rings (SSSR count). The highest BCUT2D eigenvalue weighted by atomic mass is 16.6. The molecule has 0 saturated carbocycles. The van der Waals surface area contributed by atoms with E-state index in [1.807, 2.05) is 32.9 Å². The van der Waals surface area contributed by atoms with Gasteiger partial charge in [-0.25, -0.2) is 0 Å². The second-order valence-electron chi connectivity index (χ2n) is 10.8. The molecule has 9 nitrogen and oxygen atoms in total. The van der Waals surface area contributed by atoms with Gasteiger partial charge >= 0.3 is 5.97 Å². The minimum absolute atomic E-state index is 0.0365. The normalized spacial score (nSPS) is 36.5. The smallest absolute Gasteiger partial charge is 0.308 e. The number of amides is 1. The van der Waals surface area contributed by atoms with Crippen molar-refractivity contribution in [2.45, 2.75) is 102 Å². The van der Waals surface area contributed by atoms with Crippen LogP contribution in [0, 0.1) is 5.92 Å². The van der Waals surface area contributed by atoms with Gasteiger partial charge in [0.05, 0.1) is 50.6 Å². The maximum absolute atomic E-state index is 12.3. The molecule has 3 heterocycles. The van der Waals surface area contributed by atoms with Crippen LogP contribution in [-0.4, -0.2) is 88.1 Å². The average molecular weight is 536 g/mol. The molecule has 0 aliphatic carbocycles. The number of hydrogen-bond acceptors (Lipinski definition) is 8. The lowest BCUT2D eigenvalue weighted by Gasteiger charge is -2.39. The number of carbonyl (C=O) groups is 2. The third-order valence-electron chi connectivity index (χ3n) is 7.79. The molecule has 3 saturated heterocycles. The number of allylic oxidation sites excluding steroid dienone is 2. The third-order valence-corrected chi connectivity index (χ3v) is 7.79. The number of carbonyl (C=O) groups excluding carboxylic acids is 2. The first-order valence-corrected chi connectivity index (χ1v) is 13.5. The molecule has 3 fully saturated rings. The van der Waals surface area contributed by atoms with Gasteiger partial charge in [0.25, 0.3) is 0 Å². The van der Waals surface area contributed by atoms with E-state index in [-0.39, 0.29) is 66.9 Å². The van der Waals surface area contributed by atoms with Crippen molar-refractivity contribution in [3.05, 3.63) is 36.0 Å². The summed E-state index contributed by atoms with van der Waals surface area (Å²) in [5, 5.41) is 3.06. The van der Waals surface area contributed by atoms with Crippen molar-refractivity contribution in [2.24, 2.45) is 5.92 Å². The summed E-state index contributed by atoms with van der Waals surface area (Å²) in [6, 6.07) is -0.0365. The Labute approximate surface area is 226 Å². The van der Waals surface area contributed by atoms with Crippen molar-refractivity contribution in [2.75, 3.05) is 27.9 Å². The molecule has 1 N–H and O–H groups in total. The quantitative estimate of drug-likeness (QED) is 0.186. The molecule has 0 radical (unpaired) electrons. The van der Waals surface area contributed by atoms with Crippen LogP contribution in [0.25, 0.3) is 0 Å². The molecule has 9 unspecified atom stereocenters. The van der Waals surface area contributed by atoms with Gasteiger partial charge in [0.2, 0.25) is 5.91 Å². The Bertz CT molecular complexity index is 895. The molecule has 214 valence electrons. The summed E-state index contributed by atoms with van der Waals surface area (Å²) in [5.41, 5.74) is 0.685. The number of methoxy groups -OCH3 is 3. The second-order valence-corrected chi connectivity index (χ2v) is 10.8. The Morgan fingerprint density at radius 3 is 2.53 bits per heavy atom. The SMILES string of the molecule is COC(=O)CC1CC2(CO2)C(OC)C(C=CC(C)=CCC2OC(C)C(NC(=O)C=CC(C)OC)CC2C)O1. The van der Waals surface area contributed by atoms with Crippen molar-refractivity contribution in [1.29, 1.82) is 0 Å². The molecule has 0 bridgehead atoms. The van der Waals surface area contributed by atoms with Crippen LogP contribution < -0.4 is 5.32 Å². The minimum atomic E-state index is -0.399. The van der Waals surface area contributed by atoms with Crippen LogP contribution in [0.1, 0.15) is 53.4 Å². The van der Waals surface area contributed by atoms with Crippen LogP contribution in [0.4, 0.5) is 0 Å². The predicted molar refractivity (Wildman–Crippen MR) is 143 cm³/mol. The Balaban J connectivity index is 1.54. The van der Waals surface area contributed by atoms with Crippen molar-refractivity contribution in [3.8, 4) is 0 Å². The zero-order chi connectivity index (χ0) is 27.9. The molecule has 1 amide bonds. The van der Waals surface area contributed by atoms with Crippen LogP contribution in [0.3, 0.4) is 0 Å². The van der Waals surface area contributed by atoms with Crippen LogP contribution in [0.2, 0.25) is 0 Å². The van der Waals surface area contributed by atoms with Gasteiger partial charge in [-0.2, -0.15) is 0 Å². The van der Waals surface area contributed by atoms with Gasteiger partial charge in [-0.1, -0.05) is 36.8 Å². The lowest BCUT2D eigenvalue weighted by molar-refractivity contribution is -0.162. The van der Waals surface area contributed by atoms with Crippen LogP contribution in [0.15, 0.2) is 36.0 Å². The van der Waals surface area contributed by atoms with E-state index in [1.54, 1.807) is 20.3 Å². The van der Waals surface area contributed by atoms with Gasteiger partial charge in [0.15, 0.2) is 0 Å². The highest BCUT2D eigenvalue weighted by molar-refractivity contribution is 5.87. The molecule has 1 spiro atoms. The summed E-state index contributed by atoms with van der Waals surface area (Å²) >= 11 is 0. The molecule has 0 aromatic carbocycles. The first-order valence-electron chi connectivity index (χ1n) is 13.5. The molecule has 3 aliphatic heterocycles. The Kier molecular flexibility index (Phi) is 11.1. The molecule has 9 heteroatoms. The van der Waals surface area contributed by atoms with E-state index in [1.165, 1.54) is 13.2 Å². The van der Waals surface area contributed by atoms with E-state index in [0.717, 1.165) is 18.4 Å². The first kappa shape index (κ1) is 30.5. The minimum Gasteiger partial charge on any atom is -0.469 e. The summed E-state index contributed by atoms with van der Waals surface area (Å²) in [4.78, 5) is 24.1. The predicted octanol–water partition coefficient (Wildman–Crippen LogP) is 3.27. The molecular weight excluding hydrogens is 490 g/mol. The number of rotatable bonds is 11. The zero-order valence-corrected chi connectivity index (χ0v) is 23.8. The van der Waals surface area contributed by atoms with Gasteiger partial charge in [-0.15, -0.1) is 0 Å². The van der Waals surface area contributed by atoms with E-state index < -0.39 is 5.60 Å². The number of nitrogens with one attached hydrogen (secondary N) is 1. The van der Waals surface area contributed by atoms with E-state index in [0.29, 0.717) is 13.0 Å². The van der Waals surface area contributed by atoms with E-state index in [2.05, 4.69) is 18.3 Å². The van der Waals surface area contributed by atoms with E-state index >= 15 is 0 Å². The standard InChI is InChI=1S/C29H45NO8/c1-18(9-12-25-28(35-7)29(17-36-29)16-22(38-25)15-27(32)34-6)8-11-24-19(2)14-23(21(4)37-24)30-26(31)13-10-20(3)33-5/h8-10,12-13,19-25,28H,11,14-17H2,1-7H3,(H,30,31). The fourth-order valence-corrected chi connectivity index (χ4v) is 5.26. The van der Waals surface area contributed by atoms with Crippen molar-refractivity contribution < 1.29 is 38.0 Å². The van der Waals surface area contributed by atoms with Crippen molar-refractivity contribution in [3.63, 3.8) is 0 Å². The number of ether oxygens (including phenoxy) is 6. The van der Waals surface area contributed by atoms with Gasteiger partial charge in [-0.05, 0) is 39.5 Å². The topological polar surface area (TPSA) is 105 Å². The summed E-state index contributed by atoms with van der Waals surface area (Å²) in [6.07, 6.45) is 10.9. The lowest BCUT2D eigenvalue weighted by atomic mass is 9.87. The maximum atomic E-state index is 12.3. The summed E-state index contributed by atoms with van der Waals surface area (Å²) < 4.78 is 34.0. The van der Waals surface area contributed by atoms with Crippen molar-refractivity contribution in [1.82, 2.24) is 5.32 Å². The van der Waals surface area contributed by atoms with Crippen LogP contribution in [-0.2, 0) is 38.0 Å². The summed E-state index contributed by atoms with van der Waals surface area (Å²) in [5.74, 6) is -0.139. The Morgan fingerprint density at radius 2 is 1.89 bits per heavy atom. The zero-order valence-electron chi connectivity index (χ0n) is 23.8. The second kappa shape index (κ2) is 13.8. The van der Waals surface area contributed by atoms with E-state index in [9.17, 15) is 9.59 Å². The summed E-state index contributed by atoms with van der Waals surface area (Å²) in [6.45, 7) is 8.70. The van der Waals surface area contributed by atoms with Gasteiger partial charge < -0.3 is 33.7 Å². The fraction of sp³-hybridized carbons (Fsp3) is 0.724. The van der Waals surface area contributed by atoms with Crippen LogP contribution >= 0.6 is 0 Å². The first-order chi connectivity index (χ1) is 18.1.